The van der Waals surface area contributed by atoms with Gasteiger partial charge in [0, 0.05) is 10.9 Å². The fraction of sp³-hybridized carbons (Fsp3) is 0.160. The molecule has 0 unspecified atom stereocenters. The minimum atomic E-state index is -0.608. The summed E-state index contributed by atoms with van der Waals surface area (Å²) in [5.41, 5.74) is 3.53. The van der Waals surface area contributed by atoms with Crippen molar-refractivity contribution in [1.82, 2.24) is 0 Å². The SMILES string of the molecule is CCc1ccc(-c2csc(NC(=O)/C(C#N)=C/c3ccc(OC)cc3)c2C(=O)OC)cc1. The minimum Gasteiger partial charge on any atom is -0.497 e. The van der Waals surface area contributed by atoms with Crippen LogP contribution in [0.25, 0.3) is 17.2 Å². The molecule has 2 aromatic carbocycles. The minimum absolute atomic E-state index is 0.0896. The molecule has 7 heteroatoms. The third-order valence-corrected chi connectivity index (χ3v) is 5.77. The molecule has 1 N–H and O–H groups in total. The summed E-state index contributed by atoms with van der Waals surface area (Å²) in [6.07, 6.45) is 2.39. The third-order valence-electron chi connectivity index (χ3n) is 4.87. The quantitative estimate of drug-likeness (QED) is 0.301. The van der Waals surface area contributed by atoms with Gasteiger partial charge in [-0.2, -0.15) is 5.26 Å². The molecule has 0 saturated heterocycles. The van der Waals surface area contributed by atoms with Gasteiger partial charge in [0.2, 0.25) is 0 Å². The highest BCUT2D eigenvalue weighted by atomic mass is 32.1. The van der Waals surface area contributed by atoms with Crippen LogP contribution in [0.1, 0.15) is 28.4 Å². The van der Waals surface area contributed by atoms with E-state index >= 15 is 0 Å². The lowest BCUT2D eigenvalue weighted by Crippen LogP contribution is -2.15. The number of nitriles is 1. The molecule has 0 aliphatic heterocycles. The van der Waals surface area contributed by atoms with Crippen molar-refractivity contribution < 1.29 is 19.1 Å². The van der Waals surface area contributed by atoms with Crippen molar-refractivity contribution in [3.63, 3.8) is 0 Å². The summed E-state index contributed by atoms with van der Waals surface area (Å²) in [4.78, 5) is 25.3. The van der Waals surface area contributed by atoms with Crippen LogP contribution in [-0.4, -0.2) is 26.1 Å². The Balaban J connectivity index is 1.91. The smallest absolute Gasteiger partial charge is 0.341 e. The van der Waals surface area contributed by atoms with Crippen LogP contribution in [0, 0.1) is 11.3 Å². The maximum atomic E-state index is 12.8. The van der Waals surface area contributed by atoms with Gasteiger partial charge in [-0.3, -0.25) is 4.79 Å². The largest absolute Gasteiger partial charge is 0.497 e. The molecular formula is C25H22N2O4S. The standard InChI is InChI=1S/C25H22N2O4S/c1-4-16-5-9-18(10-6-16)21-15-32-24(22(21)25(29)31-3)27-23(28)19(14-26)13-17-7-11-20(30-2)12-8-17/h5-13,15H,4H2,1-3H3,(H,27,28)/b19-13+. The zero-order valence-corrected chi connectivity index (χ0v) is 18.8. The summed E-state index contributed by atoms with van der Waals surface area (Å²) in [6.45, 7) is 2.07. The highest BCUT2D eigenvalue weighted by molar-refractivity contribution is 7.15. The number of methoxy groups -OCH3 is 2. The first-order chi connectivity index (χ1) is 15.5. The molecule has 3 aromatic rings. The van der Waals surface area contributed by atoms with Crippen molar-refractivity contribution in [3.8, 4) is 22.9 Å². The summed E-state index contributed by atoms with van der Waals surface area (Å²) < 4.78 is 10.1. The zero-order valence-electron chi connectivity index (χ0n) is 18.0. The highest BCUT2D eigenvalue weighted by Gasteiger charge is 2.23. The van der Waals surface area contributed by atoms with Crippen molar-refractivity contribution >= 4 is 34.3 Å². The molecule has 32 heavy (non-hydrogen) atoms. The number of nitrogens with zero attached hydrogens (tertiary/aromatic N) is 1. The first kappa shape index (κ1) is 22.8. The second-order valence-corrected chi connectivity index (χ2v) is 7.67. The monoisotopic (exact) mass is 446 g/mol. The number of carbonyl (C=O) groups is 2. The van der Waals surface area contributed by atoms with Gasteiger partial charge in [-0.25, -0.2) is 4.79 Å². The third kappa shape index (κ3) is 5.05. The summed E-state index contributed by atoms with van der Waals surface area (Å²) in [6, 6.07) is 16.7. The van der Waals surface area contributed by atoms with Crippen LogP contribution in [0.15, 0.2) is 59.5 Å². The lowest BCUT2D eigenvalue weighted by molar-refractivity contribution is -0.112. The number of nitrogens with one attached hydrogen (secondary N) is 1. The molecule has 0 atom stereocenters. The summed E-state index contributed by atoms with van der Waals surface area (Å²) in [7, 11) is 2.85. The second-order valence-electron chi connectivity index (χ2n) is 6.79. The van der Waals surface area contributed by atoms with Crippen LogP contribution in [0.4, 0.5) is 5.00 Å². The number of anilines is 1. The van der Waals surface area contributed by atoms with E-state index in [2.05, 4.69) is 12.2 Å². The molecule has 1 amide bonds. The molecule has 0 radical (unpaired) electrons. The van der Waals surface area contributed by atoms with Gasteiger partial charge in [0.25, 0.3) is 5.91 Å². The van der Waals surface area contributed by atoms with E-state index in [4.69, 9.17) is 9.47 Å². The number of carbonyl (C=O) groups excluding carboxylic acids is 2. The predicted molar refractivity (Wildman–Crippen MR) is 126 cm³/mol. The van der Waals surface area contributed by atoms with Gasteiger partial charge >= 0.3 is 5.97 Å². The number of hydrogen-bond acceptors (Lipinski definition) is 6. The molecule has 0 saturated carbocycles. The number of rotatable bonds is 7. The molecule has 1 aromatic heterocycles. The van der Waals surface area contributed by atoms with E-state index in [0.717, 1.165) is 12.0 Å². The summed E-state index contributed by atoms with van der Waals surface area (Å²) >= 11 is 1.21. The Hall–Kier alpha value is -3.89. The summed E-state index contributed by atoms with van der Waals surface area (Å²) in [5.74, 6) is -0.497. The number of esters is 1. The molecule has 1 heterocycles. The van der Waals surface area contributed by atoms with Crippen molar-refractivity contribution in [2.75, 3.05) is 19.5 Å². The summed E-state index contributed by atoms with van der Waals surface area (Å²) in [5, 5.41) is 14.3. The molecule has 162 valence electrons. The van der Waals surface area contributed by atoms with E-state index < -0.39 is 11.9 Å². The number of benzene rings is 2. The first-order valence-electron chi connectivity index (χ1n) is 9.87. The molecule has 0 spiro atoms. The van der Waals surface area contributed by atoms with Gasteiger partial charge in [0.15, 0.2) is 0 Å². The van der Waals surface area contributed by atoms with Crippen molar-refractivity contribution in [3.05, 3.63) is 76.2 Å². The average molecular weight is 447 g/mol. The number of amides is 1. The van der Waals surface area contributed by atoms with Crippen LogP contribution in [0.5, 0.6) is 5.75 Å². The van der Waals surface area contributed by atoms with Crippen LogP contribution >= 0.6 is 11.3 Å². The van der Waals surface area contributed by atoms with Gasteiger partial charge in [-0.1, -0.05) is 43.3 Å². The van der Waals surface area contributed by atoms with E-state index in [1.165, 1.54) is 30.1 Å². The molecule has 0 fully saturated rings. The second kappa shape index (κ2) is 10.4. The first-order valence-corrected chi connectivity index (χ1v) is 10.7. The number of thiophene rings is 1. The highest BCUT2D eigenvalue weighted by Crippen LogP contribution is 2.36. The van der Waals surface area contributed by atoms with Crippen molar-refractivity contribution in [1.29, 1.82) is 5.26 Å². The Labute approximate surface area is 190 Å². The van der Waals surface area contributed by atoms with Gasteiger partial charge < -0.3 is 14.8 Å². The zero-order chi connectivity index (χ0) is 23.1. The lowest BCUT2D eigenvalue weighted by atomic mass is 10.0. The molecule has 0 aliphatic carbocycles. The Morgan fingerprint density at radius 2 is 1.78 bits per heavy atom. The van der Waals surface area contributed by atoms with E-state index in [0.29, 0.717) is 21.9 Å². The fourth-order valence-corrected chi connectivity index (χ4v) is 4.03. The van der Waals surface area contributed by atoms with Crippen molar-refractivity contribution in [2.24, 2.45) is 0 Å². The lowest BCUT2D eigenvalue weighted by Gasteiger charge is -2.08. The van der Waals surface area contributed by atoms with E-state index in [-0.39, 0.29) is 11.1 Å². The van der Waals surface area contributed by atoms with E-state index in [1.54, 1.807) is 36.8 Å². The Morgan fingerprint density at radius 1 is 1.09 bits per heavy atom. The van der Waals surface area contributed by atoms with Gasteiger partial charge in [0.1, 0.15) is 28.0 Å². The number of hydrogen-bond donors (Lipinski definition) is 1. The van der Waals surface area contributed by atoms with Crippen molar-refractivity contribution in [2.45, 2.75) is 13.3 Å². The number of aryl methyl sites for hydroxylation is 1. The van der Waals surface area contributed by atoms with E-state index in [1.807, 2.05) is 30.3 Å². The fourth-order valence-electron chi connectivity index (χ4n) is 3.07. The topological polar surface area (TPSA) is 88.4 Å². The normalized spacial score (nSPS) is 10.9. The van der Waals surface area contributed by atoms with Crippen LogP contribution in [-0.2, 0) is 16.0 Å². The maximum absolute atomic E-state index is 12.8. The van der Waals surface area contributed by atoms with Crippen LogP contribution in [0.2, 0.25) is 0 Å². The number of ether oxygens (including phenoxy) is 2. The molecule has 0 bridgehead atoms. The van der Waals surface area contributed by atoms with Crippen LogP contribution < -0.4 is 10.1 Å². The van der Waals surface area contributed by atoms with Gasteiger partial charge in [0.05, 0.1) is 14.2 Å². The van der Waals surface area contributed by atoms with E-state index in [9.17, 15) is 14.9 Å². The molecular weight excluding hydrogens is 424 g/mol. The van der Waals surface area contributed by atoms with Crippen LogP contribution in [0.3, 0.4) is 0 Å². The predicted octanol–water partition coefficient (Wildman–Crippen LogP) is 5.32. The molecule has 3 rings (SSSR count). The Kier molecular flexibility index (Phi) is 7.42. The maximum Gasteiger partial charge on any atom is 0.341 e. The Bertz CT molecular complexity index is 1190. The van der Waals surface area contributed by atoms with Gasteiger partial charge in [-0.05, 0) is 41.3 Å². The van der Waals surface area contributed by atoms with Gasteiger partial charge in [-0.15, -0.1) is 11.3 Å². The Morgan fingerprint density at radius 3 is 2.34 bits per heavy atom. The average Bonchev–Trinajstić information content (AvgIpc) is 3.25. The molecule has 0 aliphatic rings. The molecule has 6 nitrogen and oxygen atoms in total.